The van der Waals surface area contributed by atoms with Crippen LogP contribution in [0.5, 0.6) is 0 Å². The van der Waals surface area contributed by atoms with Gasteiger partial charge < -0.3 is 5.11 Å². The lowest BCUT2D eigenvalue weighted by Gasteiger charge is -2.18. The van der Waals surface area contributed by atoms with Gasteiger partial charge >= 0.3 is 0 Å². The van der Waals surface area contributed by atoms with Crippen LogP contribution in [0.2, 0.25) is 0 Å². The molecule has 1 N–H and O–H groups in total. The van der Waals surface area contributed by atoms with Crippen molar-refractivity contribution in [2.45, 2.75) is 45.6 Å². The molecule has 17 heavy (non-hydrogen) atoms. The predicted octanol–water partition coefficient (Wildman–Crippen LogP) is 4.48. The van der Waals surface area contributed by atoms with Crippen molar-refractivity contribution < 1.29 is 13.9 Å². The minimum absolute atomic E-state index is 0.0221. The molecule has 0 spiro atoms. The molecule has 0 saturated heterocycles. The van der Waals surface area contributed by atoms with Crippen LogP contribution in [0.1, 0.15) is 56.8 Å². The first kappa shape index (κ1) is 14.1. The summed E-state index contributed by atoms with van der Waals surface area (Å²) in [6, 6.07) is 6.07. The van der Waals surface area contributed by atoms with E-state index in [4.69, 9.17) is 0 Å². The van der Waals surface area contributed by atoms with Crippen LogP contribution in [0.25, 0.3) is 0 Å². The average Bonchev–Trinajstić information content (AvgIpc) is 2.35. The summed E-state index contributed by atoms with van der Waals surface area (Å²) in [7, 11) is 0. The molecule has 0 bridgehead atoms. The average molecular weight is 242 g/mol. The molecule has 0 aliphatic carbocycles. The van der Waals surface area contributed by atoms with E-state index < -0.39 is 12.5 Å². The van der Waals surface area contributed by atoms with Crippen LogP contribution >= 0.6 is 0 Å². The molecule has 1 rings (SSSR count). The molecule has 1 nitrogen and oxygen atoms in total. The minimum Gasteiger partial charge on any atom is -0.388 e. The zero-order chi connectivity index (χ0) is 12.8. The van der Waals surface area contributed by atoms with Crippen LogP contribution in [0.15, 0.2) is 24.3 Å². The van der Waals surface area contributed by atoms with Gasteiger partial charge in [-0.25, -0.2) is 8.78 Å². The van der Waals surface area contributed by atoms with E-state index in [9.17, 15) is 13.9 Å². The van der Waals surface area contributed by atoms with Crippen molar-refractivity contribution in [1.82, 2.24) is 0 Å². The Labute approximate surface area is 101 Å². The Morgan fingerprint density at radius 3 is 2.24 bits per heavy atom. The Kier molecular flexibility index (Phi) is 5.56. The normalized spacial score (nSPS) is 13.4. The number of benzene rings is 1. The van der Waals surface area contributed by atoms with E-state index in [0.29, 0.717) is 17.9 Å². The fourth-order valence-electron chi connectivity index (χ4n) is 1.98. The fraction of sp³-hybridized carbons (Fsp3) is 0.571. The van der Waals surface area contributed by atoms with Crippen molar-refractivity contribution in [3.8, 4) is 0 Å². The van der Waals surface area contributed by atoms with Crippen LogP contribution in [0.4, 0.5) is 8.78 Å². The molecule has 0 aliphatic rings. The minimum atomic E-state index is -2.48. The van der Waals surface area contributed by atoms with Crippen LogP contribution in [0, 0.1) is 5.92 Å². The Balaban J connectivity index is 2.74. The molecule has 3 heteroatoms. The molecular formula is C14H20F2O. The van der Waals surface area contributed by atoms with Gasteiger partial charge in [0.15, 0.2) is 0 Å². The maximum Gasteiger partial charge on any atom is 0.263 e. The van der Waals surface area contributed by atoms with Crippen LogP contribution in [0.3, 0.4) is 0 Å². The molecule has 1 aromatic rings. The third kappa shape index (κ3) is 4.08. The zero-order valence-corrected chi connectivity index (χ0v) is 10.4. The molecule has 0 saturated carbocycles. The van der Waals surface area contributed by atoms with Gasteiger partial charge in [0.2, 0.25) is 0 Å². The van der Waals surface area contributed by atoms with E-state index in [1.807, 2.05) is 0 Å². The first-order valence-corrected chi connectivity index (χ1v) is 6.14. The lowest BCUT2D eigenvalue weighted by molar-refractivity contribution is 0.138. The number of rotatable bonds is 6. The molecule has 96 valence electrons. The molecule has 0 heterocycles. The van der Waals surface area contributed by atoms with E-state index in [1.165, 1.54) is 12.1 Å². The fourth-order valence-corrected chi connectivity index (χ4v) is 1.98. The highest BCUT2D eigenvalue weighted by atomic mass is 19.3. The van der Waals surface area contributed by atoms with Crippen molar-refractivity contribution in [1.29, 1.82) is 0 Å². The quantitative estimate of drug-likeness (QED) is 0.779. The topological polar surface area (TPSA) is 20.2 Å². The summed E-state index contributed by atoms with van der Waals surface area (Å²) in [5.74, 6) is 0.445. The molecule has 1 atom stereocenters. The molecular weight excluding hydrogens is 222 g/mol. The predicted molar refractivity (Wildman–Crippen MR) is 65.0 cm³/mol. The van der Waals surface area contributed by atoms with Crippen molar-refractivity contribution in [2.24, 2.45) is 5.92 Å². The standard InChI is InChI=1S/C14H20F2O/c1-3-10(4-2)8-13(17)11-6-5-7-12(9-11)14(15)16/h5-7,9-10,13-14,17H,3-4,8H2,1-2H3. The highest BCUT2D eigenvalue weighted by Crippen LogP contribution is 2.27. The Bertz CT molecular complexity index is 335. The molecule has 0 radical (unpaired) electrons. The summed E-state index contributed by atoms with van der Waals surface area (Å²) in [4.78, 5) is 0. The third-order valence-corrected chi connectivity index (χ3v) is 3.26. The second-order valence-electron chi connectivity index (χ2n) is 4.40. The summed E-state index contributed by atoms with van der Waals surface area (Å²) >= 11 is 0. The molecule has 1 aromatic carbocycles. The SMILES string of the molecule is CCC(CC)CC(O)c1cccc(C(F)F)c1. The van der Waals surface area contributed by atoms with Gasteiger partial charge in [-0.2, -0.15) is 0 Å². The number of halogens is 2. The Hall–Kier alpha value is -0.960. The number of alkyl halides is 2. The molecule has 1 unspecified atom stereocenters. The maximum atomic E-state index is 12.5. The van der Waals surface area contributed by atoms with Gasteiger partial charge in [-0.1, -0.05) is 44.9 Å². The summed E-state index contributed by atoms with van der Waals surface area (Å²) in [5, 5.41) is 10.0. The molecule has 0 aliphatic heterocycles. The molecule has 0 amide bonds. The summed E-state index contributed by atoms with van der Waals surface area (Å²) in [6.45, 7) is 4.16. The molecule has 0 aromatic heterocycles. The van der Waals surface area contributed by atoms with Crippen molar-refractivity contribution >= 4 is 0 Å². The van der Waals surface area contributed by atoms with Crippen LogP contribution < -0.4 is 0 Å². The van der Waals surface area contributed by atoms with Gasteiger partial charge in [0.25, 0.3) is 6.43 Å². The lowest BCUT2D eigenvalue weighted by Crippen LogP contribution is -2.06. The number of hydrogen-bond acceptors (Lipinski definition) is 1. The second kappa shape index (κ2) is 6.70. The van der Waals surface area contributed by atoms with Gasteiger partial charge in [-0.3, -0.25) is 0 Å². The number of aliphatic hydroxyl groups is 1. The van der Waals surface area contributed by atoms with E-state index in [2.05, 4.69) is 13.8 Å². The van der Waals surface area contributed by atoms with Crippen LogP contribution in [-0.4, -0.2) is 5.11 Å². The molecule has 0 fully saturated rings. The van der Waals surface area contributed by atoms with Gasteiger partial charge in [0.05, 0.1) is 6.10 Å². The van der Waals surface area contributed by atoms with Crippen LogP contribution in [-0.2, 0) is 0 Å². The van der Waals surface area contributed by atoms with E-state index in [1.54, 1.807) is 12.1 Å². The second-order valence-corrected chi connectivity index (χ2v) is 4.40. The van der Waals surface area contributed by atoms with E-state index >= 15 is 0 Å². The first-order valence-electron chi connectivity index (χ1n) is 6.14. The monoisotopic (exact) mass is 242 g/mol. The zero-order valence-electron chi connectivity index (χ0n) is 10.4. The van der Waals surface area contributed by atoms with Crippen molar-refractivity contribution in [3.63, 3.8) is 0 Å². The van der Waals surface area contributed by atoms with Gasteiger partial charge in [0.1, 0.15) is 0 Å². The highest BCUT2D eigenvalue weighted by Gasteiger charge is 2.15. The first-order chi connectivity index (χ1) is 8.08. The third-order valence-electron chi connectivity index (χ3n) is 3.26. The summed E-state index contributed by atoms with van der Waals surface area (Å²) in [6.07, 6.45) is -0.474. The summed E-state index contributed by atoms with van der Waals surface area (Å²) < 4.78 is 25.0. The maximum absolute atomic E-state index is 12.5. The highest BCUT2D eigenvalue weighted by molar-refractivity contribution is 5.25. The van der Waals surface area contributed by atoms with Gasteiger partial charge in [0, 0.05) is 5.56 Å². The van der Waals surface area contributed by atoms with E-state index in [-0.39, 0.29) is 5.56 Å². The summed E-state index contributed by atoms with van der Waals surface area (Å²) in [5.41, 5.74) is 0.570. The van der Waals surface area contributed by atoms with Crippen molar-refractivity contribution in [3.05, 3.63) is 35.4 Å². The van der Waals surface area contributed by atoms with E-state index in [0.717, 1.165) is 12.8 Å². The van der Waals surface area contributed by atoms with Gasteiger partial charge in [-0.15, -0.1) is 0 Å². The number of aliphatic hydroxyl groups excluding tert-OH is 1. The van der Waals surface area contributed by atoms with Gasteiger partial charge in [-0.05, 0) is 24.0 Å². The largest absolute Gasteiger partial charge is 0.388 e. The Morgan fingerprint density at radius 1 is 1.12 bits per heavy atom. The number of hydrogen-bond donors (Lipinski definition) is 1. The Morgan fingerprint density at radius 2 is 1.71 bits per heavy atom. The smallest absolute Gasteiger partial charge is 0.263 e. The van der Waals surface area contributed by atoms with Crippen molar-refractivity contribution in [2.75, 3.05) is 0 Å². The lowest BCUT2D eigenvalue weighted by atomic mass is 9.92.